The Morgan fingerprint density at radius 1 is 1.61 bits per heavy atom. The van der Waals surface area contributed by atoms with Crippen molar-refractivity contribution in [2.75, 3.05) is 6.61 Å². The average Bonchev–Trinajstić information content (AvgIpc) is 2.38. The van der Waals surface area contributed by atoms with Crippen LogP contribution in [-0.4, -0.2) is 17.9 Å². The normalized spacial score (nSPS) is 19.8. The Morgan fingerprint density at radius 3 is 3.11 bits per heavy atom. The van der Waals surface area contributed by atoms with Gasteiger partial charge in [0, 0.05) is 17.9 Å². The Morgan fingerprint density at radius 2 is 2.44 bits per heavy atom. The molecular weight excluding hydrogens is 250 g/mol. The van der Waals surface area contributed by atoms with E-state index >= 15 is 0 Å². The summed E-state index contributed by atoms with van der Waals surface area (Å²) in [6.45, 7) is 6.86. The number of ether oxygens (including phenoxy) is 2. The van der Waals surface area contributed by atoms with E-state index in [9.17, 15) is 0 Å². The van der Waals surface area contributed by atoms with Crippen LogP contribution >= 0.6 is 11.6 Å². The maximum absolute atomic E-state index is 6.22. The molecule has 0 amide bonds. The molecule has 0 saturated carbocycles. The molecular formula is C14H18ClNO2. The Labute approximate surface area is 113 Å². The van der Waals surface area contributed by atoms with E-state index in [0.717, 1.165) is 42.8 Å². The van der Waals surface area contributed by atoms with Gasteiger partial charge in [0.2, 0.25) is 0 Å². The third-order valence-electron chi connectivity index (χ3n) is 2.97. The molecule has 0 spiro atoms. The number of nitrogens with zero attached hydrogens (tertiary/aromatic N) is 1. The van der Waals surface area contributed by atoms with E-state index < -0.39 is 0 Å². The van der Waals surface area contributed by atoms with Gasteiger partial charge in [-0.3, -0.25) is 4.98 Å². The molecule has 0 aromatic carbocycles. The summed E-state index contributed by atoms with van der Waals surface area (Å²) in [4.78, 5) is 4.39. The second-order valence-corrected chi connectivity index (χ2v) is 4.83. The molecule has 0 radical (unpaired) electrons. The molecule has 1 aliphatic heterocycles. The lowest BCUT2D eigenvalue weighted by molar-refractivity contribution is -0.168. The third kappa shape index (κ3) is 3.31. The number of hydrogen-bond donors (Lipinski definition) is 0. The molecule has 1 aromatic heterocycles. The topological polar surface area (TPSA) is 31.4 Å². The summed E-state index contributed by atoms with van der Waals surface area (Å²) in [5.74, 6) is 0. The number of aromatic nitrogens is 1. The van der Waals surface area contributed by atoms with Gasteiger partial charge in [-0.15, -0.1) is 0 Å². The van der Waals surface area contributed by atoms with Crippen LogP contribution in [0.4, 0.5) is 0 Å². The molecule has 0 bridgehead atoms. The largest absolute Gasteiger partial charge is 0.353 e. The van der Waals surface area contributed by atoms with Crippen LogP contribution in [0.15, 0.2) is 12.6 Å². The van der Waals surface area contributed by atoms with Gasteiger partial charge in [0.1, 0.15) is 0 Å². The smallest absolute Gasteiger partial charge is 0.158 e. The van der Waals surface area contributed by atoms with Gasteiger partial charge >= 0.3 is 0 Å². The van der Waals surface area contributed by atoms with Gasteiger partial charge in [0.25, 0.3) is 0 Å². The predicted molar refractivity (Wildman–Crippen MR) is 72.5 cm³/mol. The van der Waals surface area contributed by atoms with Crippen LogP contribution in [0.2, 0.25) is 5.02 Å². The molecule has 1 atom stereocenters. The second kappa shape index (κ2) is 6.32. The molecule has 0 aliphatic carbocycles. The van der Waals surface area contributed by atoms with E-state index in [2.05, 4.69) is 11.6 Å². The minimum absolute atomic E-state index is 0.117. The Kier molecular flexibility index (Phi) is 4.75. The maximum Gasteiger partial charge on any atom is 0.158 e. The van der Waals surface area contributed by atoms with E-state index in [1.54, 1.807) is 6.08 Å². The summed E-state index contributed by atoms with van der Waals surface area (Å²) in [6.07, 6.45) is 4.80. The summed E-state index contributed by atoms with van der Waals surface area (Å²) in [6, 6.07) is 1.84. The van der Waals surface area contributed by atoms with Gasteiger partial charge in [-0.05, 0) is 38.3 Å². The van der Waals surface area contributed by atoms with Crippen molar-refractivity contribution in [2.24, 2.45) is 0 Å². The molecule has 2 rings (SSSR count). The molecule has 18 heavy (non-hydrogen) atoms. The lowest BCUT2D eigenvalue weighted by Crippen LogP contribution is -2.22. The van der Waals surface area contributed by atoms with Gasteiger partial charge in [0.05, 0.1) is 17.3 Å². The highest BCUT2D eigenvalue weighted by Gasteiger charge is 2.16. The van der Waals surface area contributed by atoms with Crippen LogP contribution in [0, 0.1) is 6.92 Å². The second-order valence-electron chi connectivity index (χ2n) is 4.42. The monoisotopic (exact) mass is 267 g/mol. The van der Waals surface area contributed by atoms with Crippen molar-refractivity contribution < 1.29 is 9.47 Å². The number of aryl methyl sites for hydroxylation is 1. The quantitative estimate of drug-likeness (QED) is 0.833. The molecule has 1 fully saturated rings. The molecule has 1 aliphatic rings. The van der Waals surface area contributed by atoms with Crippen molar-refractivity contribution in [2.45, 2.75) is 39.1 Å². The number of hydrogen-bond acceptors (Lipinski definition) is 3. The number of halogens is 1. The van der Waals surface area contributed by atoms with Crippen LogP contribution in [0.5, 0.6) is 0 Å². The van der Waals surface area contributed by atoms with Crippen molar-refractivity contribution in [1.29, 1.82) is 0 Å². The Balaban J connectivity index is 2.05. The van der Waals surface area contributed by atoms with E-state index in [1.807, 2.05) is 13.0 Å². The minimum Gasteiger partial charge on any atom is -0.353 e. The molecule has 4 heteroatoms. The Hall–Kier alpha value is -0.900. The van der Waals surface area contributed by atoms with E-state index in [0.29, 0.717) is 11.6 Å². The fourth-order valence-corrected chi connectivity index (χ4v) is 2.32. The number of pyridine rings is 1. The summed E-state index contributed by atoms with van der Waals surface area (Å²) in [5.41, 5.74) is 2.55. The fraction of sp³-hybridized carbons (Fsp3) is 0.500. The van der Waals surface area contributed by atoms with Crippen molar-refractivity contribution in [3.05, 3.63) is 34.6 Å². The molecule has 3 nitrogen and oxygen atoms in total. The van der Waals surface area contributed by atoms with Gasteiger partial charge in [-0.1, -0.05) is 18.2 Å². The molecule has 1 aromatic rings. The molecule has 1 unspecified atom stereocenters. The van der Waals surface area contributed by atoms with Gasteiger partial charge in [-0.2, -0.15) is 0 Å². The zero-order valence-electron chi connectivity index (χ0n) is 10.6. The first-order chi connectivity index (χ1) is 8.70. The van der Waals surface area contributed by atoms with Crippen LogP contribution in [0.25, 0.3) is 6.08 Å². The third-order valence-corrected chi connectivity index (χ3v) is 3.31. The highest BCUT2D eigenvalue weighted by molar-refractivity contribution is 6.31. The van der Waals surface area contributed by atoms with E-state index in [1.165, 1.54) is 0 Å². The maximum atomic E-state index is 6.22. The van der Waals surface area contributed by atoms with Crippen molar-refractivity contribution in [3.63, 3.8) is 0 Å². The molecule has 0 N–H and O–H groups in total. The lowest BCUT2D eigenvalue weighted by atomic mass is 10.1. The first kappa shape index (κ1) is 13.5. The molecule has 1 saturated heterocycles. The highest BCUT2D eigenvalue weighted by atomic mass is 35.5. The zero-order valence-corrected chi connectivity index (χ0v) is 11.4. The molecule has 2 heterocycles. The fourth-order valence-electron chi connectivity index (χ4n) is 2.01. The zero-order chi connectivity index (χ0) is 13.0. The lowest BCUT2D eigenvalue weighted by Gasteiger charge is -2.23. The first-order valence-electron chi connectivity index (χ1n) is 6.22. The summed E-state index contributed by atoms with van der Waals surface area (Å²) in [7, 11) is 0. The standard InChI is InChI=1S/C14H18ClNO2/c1-3-13-11(12(15)8-10(2)16-13)9-18-14-6-4-5-7-17-14/h3,8,14H,1,4-7,9H2,2H3. The van der Waals surface area contributed by atoms with Crippen LogP contribution < -0.4 is 0 Å². The van der Waals surface area contributed by atoms with Crippen LogP contribution in [-0.2, 0) is 16.1 Å². The first-order valence-corrected chi connectivity index (χ1v) is 6.60. The SMILES string of the molecule is C=Cc1nc(C)cc(Cl)c1COC1CCCCO1. The van der Waals surface area contributed by atoms with Crippen LogP contribution in [0.3, 0.4) is 0 Å². The number of rotatable bonds is 4. The average molecular weight is 268 g/mol. The Bertz CT molecular complexity index is 428. The molecule has 98 valence electrons. The van der Waals surface area contributed by atoms with Crippen LogP contribution in [0.1, 0.15) is 36.2 Å². The minimum atomic E-state index is -0.117. The van der Waals surface area contributed by atoms with Crippen molar-refractivity contribution >= 4 is 17.7 Å². The van der Waals surface area contributed by atoms with E-state index in [-0.39, 0.29) is 6.29 Å². The summed E-state index contributed by atoms with van der Waals surface area (Å²) < 4.78 is 11.3. The van der Waals surface area contributed by atoms with Crippen molar-refractivity contribution in [3.8, 4) is 0 Å². The van der Waals surface area contributed by atoms with E-state index in [4.69, 9.17) is 21.1 Å². The van der Waals surface area contributed by atoms with Gasteiger partial charge in [-0.25, -0.2) is 0 Å². The van der Waals surface area contributed by atoms with Gasteiger partial charge < -0.3 is 9.47 Å². The van der Waals surface area contributed by atoms with Gasteiger partial charge in [0.15, 0.2) is 6.29 Å². The highest BCUT2D eigenvalue weighted by Crippen LogP contribution is 2.23. The summed E-state index contributed by atoms with van der Waals surface area (Å²) in [5, 5.41) is 0.674. The predicted octanol–water partition coefficient (Wildman–Crippen LogP) is 3.73. The van der Waals surface area contributed by atoms with Crippen molar-refractivity contribution in [1.82, 2.24) is 4.98 Å². The summed E-state index contributed by atoms with van der Waals surface area (Å²) >= 11 is 6.22.